The van der Waals surface area contributed by atoms with Gasteiger partial charge in [-0.05, 0) is 65.6 Å². The van der Waals surface area contributed by atoms with Gasteiger partial charge in [-0.3, -0.25) is 4.79 Å². The number of hydrogen-bond donors (Lipinski definition) is 1. The fourth-order valence-electron chi connectivity index (χ4n) is 5.61. The minimum Gasteiger partial charge on any atom is -0.497 e. The maximum Gasteiger partial charge on any atom is 0.303 e. The first-order valence-electron chi connectivity index (χ1n) is 14.8. The number of unbranched alkanes of at least 4 members (excludes halogenated alkanes) is 2. The third-order valence-corrected chi connectivity index (χ3v) is 8.35. The number of ether oxygens (including phenoxy) is 5. The molecule has 0 radical (unpaired) electrons. The molecule has 1 aliphatic heterocycles. The van der Waals surface area contributed by atoms with E-state index in [9.17, 15) is 4.79 Å². The molecule has 226 valence electrons. The number of rotatable bonds is 15. The van der Waals surface area contributed by atoms with Crippen LogP contribution in [-0.2, 0) is 24.6 Å². The molecule has 0 amide bonds. The van der Waals surface area contributed by atoms with E-state index in [0.29, 0.717) is 25.6 Å². The Morgan fingerprint density at radius 1 is 0.833 bits per heavy atom. The summed E-state index contributed by atoms with van der Waals surface area (Å²) < 4.78 is 30.7. The third kappa shape index (κ3) is 7.71. The highest BCUT2D eigenvalue weighted by Gasteiger charge is 2.41. The summed E-state index contributed by atoms with van der Waals surface area (Å²) >= 11 is 0. The smallest absolute Gasteiger partial charge is 0.303 e. The molecule has 3 aromatic carbocycles. The van der Waals surface area contributed by atoms with Gasteiger partial charge < -0.3 is 28.8 Å². The first-order chi connectivity index (χ1) is 20.4. The van der Waals surface area contributed by atoms with Gasteiger partial charge in [-0.15, -0.1) is 0 Å². The largest absolute Gasteiger partial charge is 0.497 e. The van der Waals surface area contributed by atoms with Gasteiger partial charge in [0, 0.05) is 19.4 Å². The van der Waals surface area contributed by atoms with Crippen LogP contribution in [0.15, 0.2) is 78.9 Å². The lowest BCUT2D eigenvalue weighted by molar-refractivity contribution is -0.236. The first-order valence-corrected chi connectivity index (χ1v) is 14.8. The average molecular weight is 577 g/mol. The minimum atomic E-state index is -0.913. The third-order valence-electron chi connectivity index (χ3n) is 8.35. The molecule has 7 heteroatoms. The van der Waals surface area contributed by atoms with Gasteiger partial charge in [0.25, 0.3) is 0 Å². The number of hydrogen-bond acceptors (Lipinski definition) is 6. The van der Waals surface area contributed by atoms with Crippen molar-refractivity contribution >= 4 is 5.97 Å². The van der Waals surface area contributed by atoms with E-state index in [1.165, 1.54) is 0 Å². The van der Waals surface area contributed by atoms with Crippen LogP contribution in [0.4, 0.5) is 0 Å². The molecular formula is C35H44O7. The van der Waals surface area contributed by atoms with Gasteiger partial charge in [0.1, 0.15) is 17.1 Å². The van der Waals surface area contributed by atoms with E-state index < -0.39 is 11.6 Å². The second-order valence-electron chi connectivity index (χ2n) is 11.1. The van der Waals surface area contributed by atoms with Gasteiger partial charge >= 0.3 is 5.97 Å². The monoisotopic (exact) mass is 576 g/mol. The molecule has 42 heavy (non-hydrogen) atoms. The molecule has 4 rings (SSSR count). The Bertz CT molecular complexity index is 1180. The molecule has 0 aliphatic carbocycles. The fourth-order valence-corrected chi connectivity index (χ4v) is 5.61. The summed E-state index contributed by atoms with van der Waals surface area (Å²) in [4.78, 5) is 10.8. The number of methoxy groups -OCH3 is 2. The van der Waals surface area contributed by atoms with Gasteiger partial charge in [-0.1, -0.05) is 74.9 Å². The Morgan fingerprint density at radius 2 is 1.40 bits per heavy atom. The van der Waals surface area contributed by atoms with Crippen molar-refractivity contribution in [1.29, 1.82) is 0 Å². The Labute approximate surface area is 249 Å². The van der Waals surface area contributed by atoms with Gasteiger partial charge in [-0.2, -0.15) is 0 Å². The molecular weight excluding hydrogens is 532 g/mol. The maximum atomic E-state index is 10.8. The molecule has 0 spiro atoms. The van der Waals surface area contributed by atoms with E-state index >= 15 is 0 Å². The van der Waals surface area contributed by atoms with Gasteiger partial charge in [0.15, 0.2) is 6.29 Å². The van der Waals surface area contributed by atoms with E-state index in [0.717, 1.165) is 47.5 Å². The Balaban J connectivity index is 1.60. The molecule has 0 aromatic heterocycles. The molecule has 4 atom stereocenters. The Kier molecular flexibility index (Phi) is 11.4. The Morgan fingerprint density at radius 3 is 1.95 bits per heavy atom. The zero-order chi connectivity index (χ0) is 30.0. The number of carboxylic acid groups (broad SMARTS) is 1. The van der Waals surface area contributed by atoms with E-state index in [4.69, 9.17) is 28.8 Å². The molecule has 1 aliphatic rings. The quantitative estimate of drug-likeness (QED) is 0.153. The Hall–Kier alpha value is -3.39. The number of aliphatic carboxylic acids is 1. The summed E-state index contributed by atoms with van der Waals surface area (Å²) in [5.74, 6) is 1.44. The van der Waals surface area contributed by atoms with Crippen LogP contribution >= 0.6 is 0 Å². The average Bonchev–Trinajstić information content (AvgIpc) is 3.02. The normalized spacial score (nSPS) is 20.7. The van der Waals surface area contributed by atoms with Gasteiger partial charge in [-0.25, -0.2) is 0 Å². The second kappa shape index (κ2) is 15.2. The molecule has 1 saturated heterocycles. The van der Waals surface area contributed by atoms with E-state index in [-0.39, 0.29) is 24.7 Å². The fraction of sp³-hybridized carbons (Fsp3) is 0.457. The predicted octanol–water partition coefficient (Wildman–Crippen LogP) is 7.06. The standard InChI is InChI=1S/C35H44O7/c1-25-23-34(40-22-10-6-9-13-33(36)37)42-32(26(25)2)24-41-35(27-11-7-5-8-12-27,28-14-18-30(38-3)19-15-28)29-16-20-31(39-4)21-17-29/h5,7-8,11-12,14-21,25-26,32,34H,6,9-10,13,22-24H2,1-4H3,(H,36,37). The summed E-state index contributed by atoms with van der Waals surface area (Å²) in [6, 6.07) is 26.3. The van der Waals surface area contributed by atoms with Crippen LogP contribution in [0.2, 0.25) is 0 Å². The van der Waals surface area contributed by atoms with Crippen molar-refractivity contribution in [1.82, 2.24) is 0 Å². The SMILES string of the molecule is COc1ccc(C(OCC2OC(OCCCCCC(=O)O)CC(C)C2C)(c2ccccc2)c2ccc(OC)cc2)cc1. The predicted molar refractivity (Wildman–Crippen MR) is 162 cm³/mol. The zero-order valence-corrected chi connectivity index (χ0v) is 25.2. The van der Waals surface area contributed by atoms with Crippen molar-refractivity contribution in [3.63, 3.8) is 0 Å². The van der Waals surface area contributed by atoms with Crippen molar-refractivity contribution < 1.29 is 33.6 Å². The molecule has 3 aromatic rings. The van der Waals surface area contributed by atoms with Crippen LogP contribution in [0.5, 0.6) is 11.5 Å². The highest BCUT2D eigenvalue weighted by Crippen LogP contribution is 2.43. The summed E-state index contributed by atoms with van der Waals surface area (Å²) in [5.41, 5.74) is 2.05. The van der Waals surface area contributed by atoms with Gasteiger partial charge in [0.05, 0.1) is 26.9 Å². The molecule has 1 fully saturated rings. The molecule has 7 nitrogen and oxygen atoms in total. The number of carbonyl (C=O) groups is 1. The molecule has 1 heterocycles. The van der Waals surface area contributed by atoms with E-state index in [2.05, 4.69) is 50.2 Å². The van der Waals surface area contributed by atoms with Crippen LogP contribution in [0.3, 0.4) is 0 Å². The van der Waals surface area contributed by atoms with Crippen molar-refractivity contribution in [2.45, 2.75) is 63.9 Å². The molecule has 0 saturated carbocycles. The summed E-state index contributed by atoms with van der Waals surface area (Å²) in [6.45, 7) is 5.36. The zero-order valence-electron chi connectivity index (χ0n) is 25.2. The summed E-state index contributed by atoms with van der Waals surface area (Å²) in [6.07, 6.45) is 2.80. The van der Waals surface area contributed by atoms with Crippen LogP contribution in [0.25, 0.3) is 0 Å². The van der Waals surface area contributed by atoms with Crippen LogP contribution in [0, 0.1) is 11.8 Å². The lowest BCUT2D eigenvalue weighted by atomic mass is 9.79. The van der Waals surface area contributed by atoms with E-state index in [1.807, 2.05) is 42.5 Å². The van der Waals surface area contributed by atoms with Crippen molar-refractivity contribution in [3.8, 4) is 11.5 Å². The minimum absolute atomic E-state index is 0.176. The molecule has 4 unspecified atom stereocenters. The summed E-state index contributed by atoms with van der Waals surface area (Å²) in [7, 11) is 3.33. The topological polar surface area (TPSA) is 83.5 Å². The molecule has 0 bridgehead atoms. The van der Waals surface area contributed by atoms with Crippen LogP contribution < -0.4 is 9.47 Å². The number of benzene rings is 3. The summed E-state index contributed by atoms with van der Waals surface area (Å²) in [5, 5.41) is 8.86. The maximum absolute atomic E-state index is 10.8. The highest BCUT2D eigenvalue weighted by molar-refractivity contribution is 5.66. The van der Waals surface area contributed by atoms with Crippen LogP contribution in [-0.4, -0.2) is 50.9 Å². The lowest BCUT2D eigenvalue weighted by Crippen LogP contribution is -2.45. The van der Waals surface area contributed by atoms with Crippen molar-refractivity contribution in [2.24, 2.45) is 11.8 Å². The number of carboxylic acids is 1. The lowest BCUT2D eigenvalue weighted by Gasteiger charge is -2.42. The highest BCUT2D eigenvalue weighted by atomic mass is 16.7. The van der Waals surface area contributed by atoms with E-state index in [1.54, 1.807) is 14.2 Å². The van der Waals surface area contributed by atoms with Crippen molar-refractivity contribution in [2.75, 3.05) is 27.4 Å². The van der Waals surface area contributed by atoms with Gasteiger partial charge in [0.2, 0.25) is 0 Å². The second-order valence-corrected chi connectivity index (χ2v) is 11.1. The molecule has 1 N–H and O–H groups in total. The van der Waals surface area contributed by atoms with Crippen LogP contribution in [0.1, 0.15) is 62.6 Å². The van der Waals surface area contributed by atoms with Crippen molar-refractivity contribution in [3.05, 3.63) is 95.6 Å². The first kappa shape index (κ1) is 31.5.